The normalized spacial score (nSPS) is 36.6. The largest absolute Gasteiger partial charge is 0.493 e. The van der Waals surface area contributed by atoms with Crippen LogP contribution in [-0.2, 0) is 4.74 Å². The lowest BCUT2D eigenvalue weighted by Gasteiger charge is -2.37. The summed E-state index contributed by atoms with van der Waals surface area (Å²) in [5.74, 6) is 2.60. The summed E-state index contributed by atoms with van der Waals surface area (Å²) >= 11 is 0. The molecule has 1 heteroatoms. The van der Waals surface area contributed by atoms with Crippen LogP contribution >= 0.6 is 0 Å². The molecule has 0 spiro atoms. The summed E-state index contributed by atoms with van der Waals surface area (Å²) < 4.78 is 5.45. The van der Waals surface area contributed by atoms with Crippen molar-refractivity contribution in [2.24, 2.45) is 11.8 Å². The van der Waals surface area contributed by atoms with Gasteiger partial charge >= 0.3 is 0 Å². The fraction of sp³-hybridized carbons (Fsp3) is 0.556. The third kappa shape index (κ3) is 0.578. The van der Waals surface area contributed by atoms with Crippen LogP contribution in [0.1, 0.15) is 13.8 Å². The van der Waals surface area contributed by atoms with Gasteiger partial charge in [-0.3, -0.25) is 0 Å². The minimum Gasteiger partial charge on any atom is -0.493 e. The first kappa shape index (κ1) is 6.02. The van der Waals surface area contributed by atoms with Crippen molar-refractivity contribution in [3.05, 3.63) is 23.5 Å². The highest BCUT2D eigenvalue weighted by molar-refractivity contribution is 5.37. The first-order valence-electron chi connectivity index (χ1n) is 3.84. The van der Waals surface area contributed by atoms with Gasteiger partial charge in [-0.2, -0.15) is 0 Å². The fourth-order valence-electron chi connectivity index (χ4n) is 1.65. The van der Waals surface area contributed by atoms with Crippen LogP contribution in [-0.4, -0.2) is 6.61 Å². The molecule has 54 valence electrons. The summed E-state index contributed by atoms with van der Waals surface area (Å²) in [6.07, 6.45) is 4.28. The van der Waals surface area contributed by atoms with Gasteiger partial charge in [0.05, 0.1) is 0 Å². The maximum Gasteiger partial charge on any atom is 0.106 e. The van der Waals surface area contributed by atoms with Gasteiger partial charge in [-0.1, -0.05) is 19.9 Å². The molecule has 0 saturated carbocycles. The van der Waals surface area contributed by atoms with Crippen molar-refractivity contribution in [2.75, 3.05) is 6.61 Å². The van der Waals surface area contributed by atoms with Crippen LogP contribution in [0.15, 0.2) is 23.5 Å². The second kappa shape index (κ2) is 1.88. The highest BCUT2D eigenvalue weighted by Crippen LogP contribution is 2.42. The molecule has 2 atom stereocenters. The van der Waals surface area contributed by atoms with Gasteiger partial charge in [-0.05, 0) is 17.6 Å². The molecule has 1 nitrogen and oxygen atoms in total. The first-order valence-corrected chi connectivity index (χ1v) is 3.84. The smallest absolute Gasteiger partial charge is 0.106 e. The highest BCUT2D eigenvalue weighted by atomic mass is 16.5. The molecule has 1 aliphatic heterocycles. The van der Waals surface area contributed by atoms with E-state index in [1.165, 1.54) is 11.3 Å². The molecule has 0 aromatic heterocycles. The van der Waals surface area contributed by atoms with Crippen LogP contribution < -0.4 is 0 Å². The second-order valence-electron chi connectivity index (χ2n) is 3.11. The summed E-state index contributed by atoms with van der Waals surface area (Å²) in [5.41, 5.74) is 1.42. The molecule has 0 radical (unpaired) electrons. The number of rotatable bonds is 0. The molecule has 0 saturated heterocycles. The van der Waals surface area contributed by atoms with Gasteiger partial charge < -0.3 is 4.74 Å². The van der Waals surface area contributed by atoms with E-state index in [9.17, 15) is 0 Å². The molecular formula is C9H12O. The Bertz CT molecular complexity index is 213. The SMILES string of the molecule is CC1C2=C(OCC=C2)C1C. The summed E-state index contributed by atoms with van der Waals surface area (Å²) in [5, 5.41) is 0. The lowest BCUT2D eigenvalue weighted by atomic mass is 9.74. The molecule has 1 aliphatic carbocycles. The minimum absolute atomic E-state index is 0.653. The quantitative estimate of drug-likeness (QED) is 0.495. The third-order valence-electron chi connectivity index (χ3n) is 2.57. The van der Waals surface area contributed by atoms with E-state index in [0.29, 0.717) is 11.8 Å². The van der Waals surface area contributed by atoms with Gasteiger partial charge in [0.15, 0.2) is 0 Å². The van der Waals surface area contributed by atoms with Gasteiger partial charge in [0.25, 0.3) is 0 Å². The number of hydrogen-bond donors (Lipinski definition) is 0. The van der Waals surface area contributed by atoms with E-state index in [-0.39, 0.29) is 0 Å². The summed E-state index contributed by atoms with van der Waals surface area (Å²) in [6.45, 7) is 5.25. The van der Waals surface area contributed by atoms with Crippen molar-refractivity contribution in [2.45, 2.75) is 13.8 Å². The molecule has 0 amide bonds. The molecular weight excluding hydrogens is 124 g/mol. The Morgan fingerprint density at radius 1 is 1.40 bits per heavy atom. The Morgan fingerprint density at radius 2 is 2.20 bits per heavy atom. The van der Waals surface area contributed by atoms with Gasteiger partial charge in [-0.15, -0.1) is 0 Å². The Balaban J connectivity index is 2.30. The standard InChI is InChI=1S/C9H12O/c1-6-7(2)9-8(6)4-3-5-10-9/h3-4,6-7H,5H2,1-2H3. The van der Waals surface area contributed by atoms with Gasteiger partial charge in [0, 0.05) is 5.92 Å². The van der Waals surface area contributed by atoms with Gasteiger partial charge in [-0.25, -0.2) is 0 Å². The van der Waals surface area contributed by atoms with Crippen molar-refractivity contribution in [3.8, 4) is 0 Å². The molecule has 0 N–H and O–H groups in total. The zero-order chi connectivity index (χ0) is 7.14. The highest BCUT2D eigenvalue weighted by Gasteiger charge is 2.34. The molecule has 2 unspecified atom stereocenters. The third-order valence-corrected chi connectivity index (χ3v) is 2.57. The Labute approximate surface area is 61.4 Å². The molecule has 10 heavy (non-hydrogen) atoms. The topological polar surface area (TPSA) is 9.23 Å². The van der Waals surface area contributed by atoms with E-state index in [4.69, 9.17) is 4.74 Å². The van der Waals surface area contributed by atoms with Crippen LogP contribution in [0.2, 0.25) is 0 Å². The van der Waals surface area contributed by atoms with E-state index in [1.54, 1.807) is 0 Å². The van der Waals surface area contributed by atoms with Crippen LogP contribution in [0.25, 0.3) is 0 Å². The van der Waals surface area contributed by atoms with E-state index in [0.717, 1.165) is 6.61 Å². The lowest BCUT2D eigenvalue weighted by Crippen LogP contribution is -2.29. The Kier molecular flexibility index (Phi) is 1.13. The van der Waals surface area contributed by atoms with E-state index in [1.807, 2.05) is 0 Å². The van der Waals surface area contributed by atoms with Crippen LogP contribution in [0.4, 0.5) is 0 Å². The zero-order valence-corrected chi connectivity index (χ0v) is 6.42. The van der Waals surface area contributed by atoms with Crippen molar-refractivity contribution >= 4 is 0 Å². The van der Waals surface area contributed by atoms with Crippen LogP contribution in [0.3, 0.4) is 0 Å². The second-order valence-corrected chi connectivity index (χ2v) is 3.11. The first-order chi connectivity index (χ1) is 4.80. The molecule has 0 fully saturated rings. The van der Waals surface area contributed by atoms with Gasteiger partial charge in [0.1, 0.15) is 12.4 Å². The molecule has 2 rings (SSSR count). The number of ether oxygens (including phenoxy) is 1. The predicted octanol–water partition coefficient (Wildman–Crippen LogP) is 2.11. The Hall–Kier alpha value is -0.720. The fourth-order valence-corrected chi connectivity index (χ4v) is 1.65. The summed E-state index contributed by atoms with van der Waals surface area (Å²) in [7, 11) is 0. The molecule has 2 aliphatic rings. The minimum atomic E-state index is 0.653. The summed E-state index contributed by atoms with van der Waals surface area (Å²) in [4.78, 5) is 0. The van der Waals surface area contributed by atoms with Crippen molar-refractivity contribution in [1.82, 2.24) is 0 Å². The predicted molar refractivity (Wildman–Crippen MR) is 40.4 cm³/mol. The molecule has 0 aromatic carbocycles. The van der Waals surface area contributed by atoms with E-state index < -0.39 is 0 Å². The van der Waals surface area contributed by atoms with Crippen molar-refractivity contribution in [3.63, 3.8) is 0 Å². The lowest BCUT2D eigenvalue weighted by molar-refractivity contribution is 0.151. The number of allylic oxidation sites excluding steroid dienone is 3. The number of hydrogen-bond acceptors (Lipinski definition) is 1. The maximum atomic E-state index is 5.45. The van der Waals surface area contributed by atoms with E-state index >= 15 is 0 Å². The van der Waals surface area contributed by atoms with Crippen LogP contribution in [0, 0.1) is 11.8 Å². The molecule has 0 bridgehead atoms. The summed E-state index contributed by atoms with van der Waals surface area (Å²) in [6, 6.07) is 0. The molecule has 0 aromatic rings. The van der Waals surface area contributed by atoms with Gasteiger partial charge in [0.2, 0.25) is 0 Å². The zero-order valence-electron chi connectivity index (χ0n) is 6.42. The van der Waals surface area contributed by atoms with E-state index in [2.05, 4.69) is 26.0 Å². The van der Waals surface area contributed by atoms with Crippen molar-refractivity contribution < 1.29 is 4.74 Å². The average Bonchev–Trinajstić information content (AvgIpc) is 2.03. The molecule has 1 heterocycles. The monoisotopic (exact) mass is 136 g/mol. The van der Waals surface area contributed by atoms with Crippen molar-refractivity contribution in [1.29, 1.82) is 0 Å². The van der Waals surface area contributed by atoms with Crippen LogP contribution in [0.5, 0.6) is 0 Å². The maximum absolute atomic E-state index is 5.45. The average molecular weight is 136 g/mol. The Morgan fingerprint density at radius 3 is 2.90 bits per heavy atom.